The number of aromatic amines is 1. The minimum Gasteiger partial charge on any atom is -0.381 e. The number of carbonyl (C=O) groups excluding carboxylic acids is 1. The molecule has 2 aliphatic rings. The van der Waals surface area contributed by atoms with Gasteiger partial charge in [-0.15, -0.1) is 0 Å². The number of rotatable bonds is 2. The van der Waals surface area contributed by atoms with Gasteiger partial charge in [0.05, 0.1) is 0 Å². The first-order valence-electron chi connectivity index (χ1n) is 8.67. The summed E-state index contributed by atoms with van der Waals surface area (Å²) in [4.78, 5) is 18.3. The third-order valence-electron chi connectivity index (χ3n) is 5.54. The third-order valence-corrected chi connectivity index (χ3v) is 5.54. The number of nitrogens with one attached hydrogen (secondary N) is 1. The van der Waals surface area contributed by atoms with Crippen LogP contribution in [0.5, 0.6) is 0 Å². The van der Waals surface area contributed by atoms with Crippen molar-refractivity contribution in [2.75, 3.05) is 20.3 Å². The van der Waals surface area contributed by atoms with Crippen LogP contribution in [0.2, 0.25) is 0 Å². The van der Waals surface area contributed by atoms with Crippen molar-refractivity contribution in [1.82, 2.24) is 9.88 Å². The van der Waals surface area contributed by atoms with Gasteiger partial charge in [0, 0.05) is 48.8 Å². The first-order valence-corrected chi connectivity index (χ1v) is 8.67. The van der Waals surface area contributed by atoms with Crippen LogP contribution < -0.4 is 0 Å². The number of hydrogen-bond donors (Lipinski definition) is 1. The summed E-state index contributed by atoms with van der Waals surface area (Å²) in [5.41, 5.74) is 3.98. The van der Waals surface area contributed by atoms with E-state index in [9.17, 15) is 4.79 Å². The van der Waals surface area contributed by atoms with E-state index in [1.54, 1.807) is 0 Å². The number of H-pyrrole nitrogens is 1. The summed E-state index contributed by atoms with van der Waals surface area (Å²) >= 11 is 0. The molecule has 0 radical (unpaired) electrons. The molecule has 0 bridgehead atoms. The zero-order valence-corrected chi connectivity index (χ0v) is 13.7. The Morgan fingerprint density at radius 3 is 2.83 bits per heavy atom. The molecule has 1 aromatic heterocycles. The highest BCUT2D eigenvalue weighted by Gasteiger charge is 2.31. The number of fused-ring (bicyclic) bond motifs is 3. The van der Waals surface area contributed by atoms with E-state index in [-0.39, 0.29) is 5.92 Å². The van der Waals surface area contributed by atoms with E-state index in [0.29, 0.717) is 11.9 Å². The minimum atomic E-state index is 0.151. The lowest BCUT2D eigenvalue weighted by molar-refractivity contribution is -0.139. The van der Waals surface area contributed by atoms with E-state index in [1.807, 2.05) is 11.9 Å². The number of amides is 1. The van der Waals surface area contributed by atoms with Crippen molar-refractivity contribution in [2.45, 2.75) is 38.1 Å². The van der Waals surface area contributed by atoms with Crippen LogP contribution in [0.4, 0.5) is 0 Å². The summed E-state index contributed by atoms with van der Waals surface area (Å²) in [5.74, 6) is 0.458. The zero-order valence-electron chi connectivity index (χ0n) is 13.7. The Morgan fingerprint density at radius 2 is 2.00 bits per heavy atom. The lowest BCUT2D eigenvalue weighted by Gasteiger charge is -2.34. The lowest BCUT2D eigenvalue weighted by atomic mass is 9.89. The van der Waals surface area contributed by atoms with E-state index in [2.05, 4.69) is 29.2 Å². The third kappa shape index (κ3) is 2.65. The van der Waals surface area contributed by atoms with Crippen molar-refractivity contribution in [3.63, 3.8) is 0 Å². The van der Waals surface area contributed by atoms with Gasteiger partial charge in [0.25, 0.3) is 0 Å². The standard InChI is InChI=1S/C19H24N2O2/c1-21(19(22)13-8-10-23-11-9-13)14-6-7-18-16(12-14)15-4-2-3-5-17(15)20-18/h2-5,13-14,20H,6-12H2,1H3. The molecular formula is C19H24N2O2. The van der Waals surface area contributed by atoms with Crippen LogP contribution in [0.25, 0.3) is 10.9 Å². The summed E-state index contributed by atoms with van der Waals surface area (Å²) in [5, 5.41) is 1.32. The molecule has 23 heavy (non-hydrogen) atoms. The number of nitrogens with zero attached hydrogens (tertiary/aromatic N) is 1. The molecule has 4 nitrogen and oxygen atoms in total. The molecule has 1 aromatic carbocycles. The number of ether oxygens (including phenoxy) is 1. The number of hydrogen-bond acceptors (Lipinski definition) is 2. The SMILES string of the molecule is CN(C(=O)C1CCOCC1)C1CCc2[nH]c3ccccc3c2C1. The molecule has 1 atom stereocenters. The van der Waals surface area contributed by atoms with Gasteiger partial charge in [-0.3, -0.25) is 4.79 Å². The summed E-state index contributed by atoms with van der Waals surface area (Å²) in [6.07, 6.45) is 4.78. The van der Waals surface area contributed by atoms with Crippen LogP contribution in [-0.2, 0) is 22.4 Å². The fourth-order valence-corrected chi connectivity index (χ4v) is 4.09. The highest BCUT2D eigenvalue weighted by atomic mass is 16.5. The molecule has 2 heterocycles. The summed E-state index contributed by atoms with van der Waals surface area (Å²) in [7, 11) is 1.99. The first-order chi connectivity index (χ1) is 11.2. The van der Waals surface area contributed by atoms with Gasteiger partial charge in [-0.05, 0) is 43.7 Å². The van der Waals surface area contributed by atoms with E-state index in [0.717, 1.165) is 45.3 Å². The van der Waals surface area contributed by atoms with Gasteiger partial charge < -0.3 is 14.6 Å². The Morgan fingerprint density at radius 1 is 1.22 bits per heavy atom. The van der Waals surface area contributed by atoms with Crippen molar-refractivity contribution in [1.29, 1.82) is 0 Å². The average Bonchev–Trinajstić information content (AvgIpc) is 2.99. The van der Waals surface area contributed by atoms with E-state index < -0.39 is 0 Å². The Bertz CT molecular complexity index is 715. The lowest BCUT2D eigenvalue weighted by Crippen LogP contribution is -2.44. The molecule has 1 aliphatic carbocycles. The maximum atomic E-state index is 12.8. The fraction of sp³-hybridized carbons (Fsp3) is 0.526. The number of para-hydroxylation sites is 1. The highest BCUT2D eigenvalue weighted by Crippen LogP contribution is 2.31. The Labute approximate surface area is 136 Å². The Balaban J connectivity index is 1.53. The molecule has 1 fully saturated rings. The summed E-state index contributed by atoms with van der Waals surface area (Å²) in [6, 6.07) is 8.81. The number of aromatic nitrogens is 1. The van der Waals surface area contributed by atoms with Crippen LogP contribution in [-0.4, -0.2) is 42.1 Å². The van der Waals surface area contributed by atoms with Gasteiger partial charge in [-0.25, -0.2) is 0 Å². The van der Waals surface area contributed by atoms with Gasteiger partial charge in [-0.1, -0.05) is 18.2 Å². The van der Waals surface area contributed by atoms with Crippen LogP contribution in [0.15, 0.2) is 24.3 Å². The van der Waals surface area contributed by atoms with Gasteiger partial charge in [0.1, 0.15) is 0 Å². The van der Waals surface area contributed by atoms with Gasteiger partial charge >= 0.3 is 0 Å². The molecule has 4 heteroatoms. The topological polar surface area (TPSA) is 45.3 Å². The van der Waals surface area contributed by atoms with Gasteiger partial charge in [-0.2, -0.15) is 0 Å². The predicted molar refractivity (Wildman–Crippen MR) is 90.4 cm³/mol. The fourth-order valence-electron chi connectivity index (χ4n) is 4.09. The second kappa shape index (κ2) is 6.00. The first kappa shape index (κ1) is 14.8. The van der Waals surface area contributed by atoms with Crippen LogP contribution >= 0.6 is 0 Å². The molecule has 0 spiro atoms. The quantitative estimate of drug-likeness (QED) is 0.927. The smallest absolute Gasteiger partial charge is 0.225 e. The molecular weight excluding hydrogens is 288 g/mol. The molecule has 0 saturated carbocycles. The summed E-state index contributed by atoms with van der Waals surface area (Å²) < 4.78 is 5.38. The van der Waals surface area contributed by atoms with Crippen molar-refractivity contribution >= 4 is 16.8 Å². The van der Waals surface area contributed by atoms with Crippen molar-refractivity contribution in [3.05, 3.63) is 35.5 Å². The minimum absolute atomic E-state index is 0.151. The van der Waals surface area contributed by atoms with Crippen molar-refractivity contribution in [2.24, 2.45) is 5.92 Å². The largest absolute Gasteiger partial charge is 0.381 e. The van der Waals surface area contributed by atoms with E-state index >= 15 is 0 Å². The molecule has 2 aromatic rings. The number of aryl methyl sites for hydroxylation is 1. The van der Waals surface area contributed by atoms with E-state index in [1.165, 1.54) is 22.2 Å². The second-order valence-electron chi connectivity index (χ2n) is 6.86. The van der Waals surface area contributed by atoms with E-state index in [4.69, 9.17) is 4.74 Å². The number of benzene rings is 1. The molecule has 1 saturated heterocycles. The van der Waals surface area contributed by atoms with Crippen LogP contribution in [0.1, 0.15) is 30.5 Å². The Hall–Kier alpha value is -1.81. The molecule has 4 rings (SSSR count). The maximum Gasteiger partial charge on any atom is 0.225 e. The molecule has 1 aliphatic heterocycles. The Kier molecular flexibility index (Phi) is 3.85. The molecule has 122 valence electrons. The van der Waals surface area contributed by atoms with Crippen molar-refractivity contribution in [3.8, 4) is 0 Å². The molecule has 1 unspecified atom stereocenters. The number of likely N-dealkylation sites (N-methyl/N-ethyl adjacent to an activating group) is 1. The molecule has 1 N–H and O–H groups in total. The van der Waals surface area contributed by atoms with Crippen LogP contribution in [0.3, 0.4) is 0 Å². The monoisotopic (exact) mass is 312 g/mol. The molecule has 1 amide bonds. The highest BCUT2D eigenvalue weighted by molar-refractivity contribution is 5.85. The predicted octanol–water partition coefficient (Wildman–Crippen LogP) is 2.91. The van der Waals surface area contributed by atoms with Crippen molar-refractivity contribution < 1.29 is 9.53 Å². The number of carbonyl (C=O) groups is 1. The van der Waals surface area contributed by atoms with Gasteiger partial charge in [0.15, 0.2) is 0 Å². The van der Waals surface area contributed by atoms with Crippen LogP contribution in [0, 0.1) is 5.92 Å². The average molecular weight is 312 g/mol. The summed E-state index contributed by atoms with van der Waals surface area (Å²) in [6.45, 7) is 1.45. The second-order valence-corrected chi connectivity index (χ2v) is 6.86. The van der Waals surface area contributed by atoms with Gasteiger partial charge in [0.2, 0.25) is 5.91 Å². The zero-order chi connectivity index (χ0) is 15.8. The normalized spacial score (nSPS) is 22.0. The maximum absolute atomic E-state index is 12.8.